The van der Waals surface area contributed by atoms with Crippen LogP contribution in [0.4, 0.5) is 0 Å². The van der Waals surface area contributed by atoms with Crippen molar-refractivity contribution >= 4 is 28.3 Å². The zero-order valence-corrected chi connectivity index (χ0v) is 16.2. The topological polar surface area (TPSA) is 59.2 Å². The standard InChI is InChI=1S/C20H23N3O2S/c1-12(2)17-11-26-19(22-17)15-5-4-8-23(10-15)20(24)14-6-7-16-18(9-14)25-13(3)21-16/h6-7,9,11-12,15H,4-5,8,10H2,1-3H3. The van der Waals surface area contributed by atoms with Gasteiger partial charge in [-0.15, -0.1) is 11.3 Å². The summed E-state index contributed by atoms with van der Waals surface area (Å²) in [6.45, 7) is 7.67. The molecule has 0 saturated carbocycles. The molecule has 0 bridgehead atoms. The van der Waals surface area contributed by atoms with E-state index in [1.165, 1.54) is 0 Å². The number of hydrogen-bond acceptors (Lipinski definition) is 5. The maximum absolute atomic E-state index is 13.0. The fourth-order valence-corrected chi connectivity index (χ4v) is 4.58. The Kier molecular flexibility index (Phi) is 4.53. The fraction of sp³-hybridized carbons (Fsp3) is 0.450. The van der Waals surface area contributed by atoms with Gasteiger partial charge in [0.25, 0.3) is 5.91 Å². The van der Waals surface area contributed by atoms with Gasteiger partial charge in [0, 0.05) is 36.9 Å². The Bertz CT molecular complexity index is 944. The first kappa shape index (κ1) is 17.2. The molecule has 1 fully saturated rings. The minimum atomic E-state index is 0.0614. The van der Waals surface area contributed by atoms with Crippen molar-refractivity contribution in [1.82, 2.24) is 14.9 Å². The molecule has 0 radical (unpaired) electrons. The van der Waals surface area contributed by atoms with E-state index in [2.05, 4.69) is 24.2 Å². The van der Waals surface area contributed by atoms with E-state index in [1.54, 1.807) is 11.3 Å². The van der Waals surface area contributed by atoms with Crippen LogP contribution in [0.3, 0.4) is 0 Å². The van der Waals surface area contributed by atoms with Gasteiger partial charge in [-0.25, -0.2) is 9.97 Å². The van der Waals surface area contributed by atoms with E-state index in [1.807, 2.05) is 30.0 Å². The molecule has 4 rings (SSSR count). The summed E-state index contributed by atoms with van der Waals surface area (Å²) in [6, 6.07) is 5.51. The molecule has 6 heteroatoms. The van der Waals surface area contributed by atoms with E-state index in [9.17, 15) is 4.79 Å². The highest BCUT2D eigenvalue weighted by Gasteiger charge is 2.27. The van der Waals surface area contributed by atoms with Crippen LogP contribution in [-0.2, 0) is 0 Å². The first-order chi connectivity index (χ1) is 12.5. The van der Waals surface area contributed by atoms with Gasteiger partial charge in [0.05, 0.1) is 10.7 Å². The van der Waals surface area contributed by atoms with Crippen molar-refractivity contribution in [2.75, 3.05) is 13.1 Å². The lowest BCUT2D eigenvalue weighted by molar-refractivity contribution is 0.0707. The van der Waals surface area contributed by atoms with Crippen molar-refractivity contribution < 1.29 is 9.21 Å². The smallest absolute Gasteiger partial charge is 0.254 e. The number of carbonyl (C=O) groups is 1. The maximum Gasteiger partial charge on any atom is 0.254 e. The average molecular weight is 369 g/mol. The molecule has 0 spiro atoms. The van der Waals surface area contributed by atoms with Gasteiger partial charge in [-0.2, -0.15) is 0 Å². The third kappa shape index (κ3) is 3.26. The SMILES string of the molecule is Cc1nc2ccc(C(=O)N3CCCC(c4nc(C(C)C)cs4)C3)cc2o1. The molecule has 136 valence electrons. The van der Waals surface area contributed by atoms with Crippen molar-refractivity contribution in [3.8, 4) is 0 Å². The van der Waals surface area contributed by atoms with Crippen molar-refractivity contribution in [2.24, 2.45) is 0 Å². The van der Waals surface area contributed by atoms with Crippen molar-refractivity contribution in [3.05, 3.63) is 45.7 Å². The quantitative estimate of drug-likeness (QED) is 0.669. The lowest BCUT2D eigenvalue weighted by Crippen LogP contribution is -2.39. The third-order valence-electron chi connectivity index (χ3n) is 4.93. The number of carbonyl (C=O) groups excluding carboxylic acids is 1. The Morgan fingerprint density at radius 1 is 1.35 bits per heavy atom. The number of oxazole rings is 1. The maximum atomic E-state index is 13.0. The molecule has 1 aromatic carbocycles. The van der Waals surface area contributed by atoms with Crippen molar-refractivity contribution in [3.63, 3.8) is 0 Å². The zero-order valence-electron chi connectivity index (χ0n) is 15.4. The molecule has 1 aliphatic heterocycles. The van der Waals surface area contributed by atoms with E-state index < -0.39 is 0 Å². The van der Waals surface area contributed by atoms with E-state index in [-0.39, 0.29) is 5.91 Å². The van der Waals surface area contributed by atoms with Crippen LogP contribution < -0.4 is 0 Å². The van der Waals surface area contributed by atoms with Gasteiger partial charge in [0.1, 0.15) is 5.52 Å². The second-order valence-electron chi connectivity index (χ2n) is 7.27. The minimum Gasteiger partial charge on any atom is -0.441 e. The van der Waals surface area contributed by atoms with Crippen LogP contribution in [0, 0.1) is 6.92 Å². The van der Waals surface area contributed by atoms with Crippen LogP contribution in [-0.4, -0.2) is 33.9 Å². The number of thiazole rings is 1. The summed E-state index contributed by atoms with van der Waals surface area (Å²) in [5.74, 6) is 1.46. The Morgan fingerprint density at radius 3 is 2.96 bits per heavy atom. The number of piperidine rings is 1. The van der Waals surface area contributed by atoms with E-state index in [0.29, 0.717) is 28.9 Å². The van der Waals surface area contributed by atoms with Crippen LogP contribution in [0.15, 0.2) is 28.0 Å². The van der Waals surface area contributed by atoms with Crippen LogP contribution in [0.2, 0.25) is 0 Å². The highest BCUT2D eigenvalue weighted by atomic mass is 32.1. The second-order valence-corrected chi connectivity index (χ2v) is 8.16. The van der Waals surface area contributed by atoms with Crippen molar-refractivity contribution in [2.45, 2.75) is 45.4 Å². The van der Waals surface area contributed by atoms with Gasteiger partial charge in [-0.1, -0.05) is 13.8 Å². The number of likely N-dealkylation sites (tertiary alicyclic amines) is 1. The summed E-state index contributed by atoms with van der Waals surface area (Å²) in [5.41, 5.74) is 3.28. The largest absolute Gasteiger partial charge is 0.441 e. The summed E-state index contributed by atoms with van der Waals surface area (Å²) in [6.07, 6.45) is 2.10. The molecule has 1 amide bonds. The number of hydrogen-bond donors (Lipinski definition) is 0. The summed E-state index contributed by atoms with van der Waals surface area (Å²) >= 11 is 1.73. The van der Waals surface area contributed by atoms with Gasteiger partial charge in [-0.05, 0) is 37.0 Å². The number of amides is 1. The zero-order chi connectivity index (χ0) is 18.3. The average Bonchev–Trinajstić information content (AvgIpc) is 3.26. The number of benzene rings is 1. The van der Waals surface area contributed by atoms with E-state index in [4.69, 9.17) is 9.40 Å². The Labute approximate surface area is 157 Å². The molecule has 3 aromatic rings. The van der Waals surface area contributed by atoms with Gasteiger partial charge in [0.2, 0.25) is 0 Å². The molecule has 0 N–H and O–H groups in total. The monoisotopic (exact) mass is 369 g/mol. The Balaban J connectivity index is 1.53. The molecule has 0 aliphatic carbocycles. The lowest BCUT2D eigenvalue weighted by atomic mass is 9.98. The second kappa shape index (κ2) is 6.83. The Hall–Kier alpha value is -2.21. The van der Waals surface area contributed by atoms with Crippen LogP contribution in [0.5, 0.6) is 0 Å². The molecule has 1 atom stereocenters. The normalized spacial score (nSPS) is 18.0. The first-order valence-corrected chi connectivity index (χ1v) is 10.0. The van der Waals surface area contributed by atoms with Crippen molar-refractivity contribution in [1.29, 1.82) is 0 Å². The lowest BCUT2D eigenvalue weighted by Gasteiger charge is -2.32. The van der Waals surface area contributed by atoms with Gasteiger partial charge in [-0.3, -0.25) is 4.79 Å². The molecular formula is C20H23N3O2S. The first-order valence-electron chi connectivity index (χ1n) is 9.13. The molecule has 2 aromatic heterocycles. The van der Waals surface area contributed by atoms with Gasteiger partial charge < -0.3 is 9.32 Å². The van der Waals surface area contributed by atoms with Gasteiger partial charge in [0.15, 0.2) is 11.5 Å². The summed E-state index contributed by atoms with van der Waals surface area (Å²) in [5, 5.41) is 3.31. The van der Waals surface area contributed by atoms with Gasteiger partial charge >= 0.3 is 0 Å². The fourth-order valence-electron chi connectivity index (χ4n) is 3.47. The predicted octanol–water partition coefficient (Wildman–Crippen LogP) is 4.74. The van der Waals surface area contributed by atoms with Crippen LogP contribution in [0.1, 0.15) is 65.5 Å². The summed E-state index contributed by atoms with van der Waals surface area (Å²) in [7, 11) is 0. The number of fused-ring (bicyclic) bond motifs is 1. The molecule has 1 saturated heterocycles. The molecule has 5 nitrogen and oxygen atoms in total. The number of rotatable bonds is 3. The number of aryl methyl sites for hydroxylation is 1. The highest BCUT2D eigenvalue weighted by molar-refractivity contribution is 7.09. The van der Waals surface area contributed by atoms with E-state index in [0.717, 1.165) is 42.1 Å². The minimum absolute atomic E-state index is 0.0614. The van der Waals surface area contributed by atoms with Crippen LogP contribution >= 0.6 is 11.3 Å². The molecular weight excluding hydrogens is 346 g/mol. The Morgan fingerprint density at radius 2 is 2.19 bits per heavy atom. The number of nitrogens with zero attached hydrogens (tertiary/aromatic N) is 3. The summed E-state index contributed by atoms with van der Waals surface area (Å²) < 4.78 is 5.57. The molecule has 26 heavy (non-hydrogen) atoms. The van der Waals surface area contributed by atoms with E-state index >= 15 is 0 Å². The summed E-state index contributed by atoms with van der Waals surface area (Å²) in [4.78, 5) is 24.0. The molecule has 3 heterocycles. The number of aromatic nitrogens is 2. The molecule has 1 unspecified atom stereocenters. The van der Waals surface area contributed by atoms with Crippen LogP contribution in [0.25, 0.3) is 11.1 Å². The molecule has 1 aliphatic rings. The predicted molar refractivity (Wildman–Crippen MR) is 103 cm³/mol. The highest BCUT2D eigenvalue weighted by Crippen LogP contribution is 2.31. The third-order valence-corrected chi connectivity index (χ3v) is 5.96.